The Morgan fingerprint density at radius 2 is 1.90 bits per heavy atom. The van der Waals surface area contributed by atoms with Crippen LogP contribution in [0.4, 0.5) is 23.2 Å². The first-order chi connectivity index (χ1) is 9.93. The summed E-state index contributed by atoms with van der Waals surface area (Å²) in [6, 6.07) is 1.89. The van der Waals surface area contributed by atoms with Crippen molar-refractivity contribution in [1.29, 1.82) is 5.26 Å². The number of nitrogens with one attached hydrogen (secondary N) is 1. The minimum absolute atomic E-state index is 0.0171. The lowest BCUT2D eigenvalue weighted by atomic mass is 10.2. The highest BCUT2D eigenvalue weighted by molar-refractivity contribution is 7.10. The molecule has 2 rings (SSSR count). The van der Waals surface area contributed by atoms with Gasteiger partial charge in [-0.3, -0.25) is 0 Å². The molecule has 108 valence electrons. The number of nitriles is 1. The minimum atomic E-state index is -1.57. The zero-order valence-electron chi connectivity index (χ0n) is 10.5. The fraction of sp³-hybridized carbons (Fsp3) is 0.0769. The number of nitrogens with zero attached hydrogens (tertiary/aromatic N) is 2. The zero-order valence-corrected chi connectivity index (χ0v) is 11.4. The summed E-state index contributed by atoms with van der Waals surface area (Å²) in [5, 5.41) is 13.1. The second kappa shape index (κ2) is 5.93. The molecular weight excluding hydrogens is 306 g/mol. The van der Waals surface area contributed by atoms with Crippen molar-refractivity contribution < 1.29 is 17.6 Å². The Morgan fingerprint density at radius 1 is 1.29 bits per heavy atom. The van der Waals surface area contributed by atoms with Crippen molar-refractivity contribution >= 4 is 22.6 Å². The van der Waals surface area contributed by atoms with E-state index in [4.69, 9.17) is 5.26 Å². The highest BCUT2D eigenvalue weighted by atomic mass is 32.1. The first-order valence-electron chi connectivity index (χ1n) is 5.56. The second-order valence-electron chi connectivity index (χ2n) is 3.95. The third-order valence-electron chi connectivity index (χ3n) is 2.44. The molecule has 21 heavy (non-hydrogen) atoms. The molecule has 3 nitrogen and oxygen atoms in total. The van der Waals surface area contributed by atoms with Crippen LogP contribution in [-0.4, -0.2) is 4.98 Å². The topological polar surface area (TPSA) is 48.7 Å². The van der Waals surface area contributed by atoms with Crippen molar-refractivity contribution in [3.8, 4) is 6.07 Å². The molecule has 2 aromatic rings. The van der Waals surface area contributed by atoms with E-state index in [2.05, 4.69) is 10.3 Å². The Bertz CT molecular complexity index is 735. The van der Waals surface area contributed by atoms with Crippen LogP contribution in [0.1, 0.15) is 10.7 Å². The Morgan fingerprint density at radius 3 is 2.38 bits per heavy atom. The number of aromatic nitrogens is 1. The molecule has 0 aliphatic rings. The van der Waals surface area contributed by atoms with Gasteiger partial charge in [0.15, 0.2) is 23.3 Å². The number of hydrogen-bond acceptors (Lipinski definition) is 4. The SMILES string of the molecule is Cc1csc(/C(C#N)=C/Nc2c(F)c(F)cc(F)c2F)n1. The highest BCUT2D eigenvalue weighted by Crippen LogP contribution is 2.25. The number of thiazole rings is 1. The Balaban J connectivity index is 2.38. The van der Waals surface area contributed by atoms with Crippen molar-refractivity contribution in [2.75, 3.05) is 5.32 Å². The molecule has 0 bridgehead atoms. The monoisotopic (exact) mass is 313 g/mol. The van der Waals surface area contributed by atoms with E-state index in [9.17, 15) is 17.6 Å². The molecule has 0 unspecified atom stereocenters. The van der Waals surface area contributed by atoms with E-state index in [1.54, 1.807) is 18.4 Å². The lowest BCUT2D eigenvalue weighted by molar-refractivity contribution is 0.459. The molecule has 0 fully saturated rings. The maximum atomic E-state index is 13.4. The fourth-order valence-corrected chi connectivity index (χ4v) is 2.23. The average molecular weight is 313 g/mol. The molecule has 0 radical (unpaired) electrons. The molecular formula is C13H7F4N3S. The molecule has 1 heterocycles. The van der Waals surface area contributed by atoms with Crippen LogP contribution in [0.25, 0.3) is 5.57 Å². The summed E-state index contributed by atoms with van der Waals surface area (Å²) < 4.78 is 52.9. The van der Waals surface area contributed by atoms with Gasteiger partial charge in [-0.1, -0.05) is 0 Å². The van der Waals surface area contributed by atoms with Crippen LogP contribution in [0.5, 0.6) is 0 Å². The first kappa shape index (κ1) is 15.0. The van der Waals surface area contributed by atoms with Crippen molar-refractivity contribution in [1.82, 2.24) is 4.98 Å². The molecule has 8 heteroatoms. The van der Waals surface area contributed by atoms with E-state index in [0.29, 0.717) is 10.7 Å². The van der Waals surface area contributed by atoms with Gasteiger partial charge in [0.25, 0.3) is 0 Å². The molecule has 0 saturated heterocycles. The van der Waals surface area contributed by atoms with Crippen molar-refractivity contribution in [3.05, 3.63) is 51.6 Å². The van der Waals surface area contributed by atoms with Gasteiger partial charge in [-0.25, -0.2) is 22.5 Å². The van der Waals surface area contributed by atoms with Gasteiger partial charge in [-0.2, -0.15) is 5.26 Å². The quantitative estimate of drug-likeness (QED) is 0.529. The van der Waals surface area contributed by atoms with E-state index in [1.165, 1.54) is 0 Å². The number of anilines is 1. The second-order valence-corrected chi connectivity index (χ2v) is 4.81. The summed E-state index contributed by atoms with van der Waals surface area (Å²) >= 11 is 1.15. The van der Waals surface area contributed by atoms with Gasteiger partial charge in [0.1, 0.15) is 22.3 Å². The van der Waals surface area contributed by atoms with Gasteiger partial charge in [0, 0.05) is 23.3 Å². The first-order valence-corrected chi connectivity index (χ1v) is 6.44. The average Bonchev–Trinajstić information content (AvgIpc) is 2.87. The number of aryl methyl sites for hydroxylation is 1. The number of benzene rings is 1. The standard InChI is InChI=1S/C13H7F4N3S/c1-6-5-21-13(20-6)7(3-18)4-19-12-10(16)8(14)2-9(15)11(12)17/h2,4-5,19H,1H3/b7-4+. The van der Waals surface area contributed by atoms with Crippen molar-refractivity contribution in [2.45, 2.75) is 6.92 Å². The van der Waals surface area contributed by atoms with E-state index in [0.717, 1.165) is 17.5 Å². The summed E-state index contributed by atoms with van der Waals surface area (Å²) in [5.74, 6) is -6.21. The summed E-state index contributed by atoms with van der Waals surface area (Å²) in [4.78, 5) is 4.03. The lowest BCUT2D eigenvalue weighted by Crippen LogP contribution is -2.02. The van der Waals surface area contributed by atoms with E-state index in [1.807, 2.05) is 0 Å². The van der Waals surface area contributed by atoms with Gasteiger partial charge < -0.3 is 5.32 Å². The summed E-state index contributed by atoms with van der Waals surface area (Å²) in [6.07, 6.45) is 0.943. The van der Waals surface area contributed by atoms with E-state index in [-0.39, 0.29) is 11.6 Å². The van der Waals surface area contributed by atoms with Crippen LogP contribution in [0.15, 0.2) is 17.6 Å². The summed E-state index contributed by atoms with van der Waals surface area (Å²) in [7, 11) is 0. The van der Waals surface area contributed by atoms with Gasteiger partial charge in [-0.15, -0.1) is 11.3 Å². The third-order valence-corrected chi connectivity index (χ3v) is 3.44. The minimum Gasteiger partial charge on any atom is -0.355 e. The van der Waals surface area contributed by atoms with Crippen LogP contribution >= 0.6 is 11.3 Å². The zero-order chi connectivity index (χ0) is 15.6. The smallest absolute Gasteiger partial charge is 0.185 e. The van der Waals surface area contributed by atoms with Crippen molar-refractivity contribution in [2.24, 2.45) is 0 Å². The van der Waals surface area contributed by atoms with E-state index < -0.39 is 29.0 Å². The van der Waals surface area contributed by atoms with Crippen LogP contribution in [0, 0.1) is 41.5 Å². The summed E-state index contributed by atoms with van der Waals surface area (Å²) in [6.45, 7) is 1.71. The van der Waals surface area contributed by atoms with Crippen LogP contribution in [0.2, 0.25) is 0 Å². The molecule has 1 aromatic heterocycles. The van der Waals surface area contributed by atoms with Gasteiger partial charge in [0.05, 0.1) is 0 Å². The van der Waals surface area contributed by atoms with Gasteiger partial charge in [0.2, 0.25) is 0 Å². The van der Waals surface area contributed by atoms with Crippen LogP contribution in [-0.2, 0) is 0 Å². The normalized spacial score (nSPS) is 11.3. The van der Waals surface area contributed by atoms with Crippen molar-refractivity contribution in [3.63, 3.8) is 0 Å². The largest absolute Gasteiger partial charge is 0.355 e. The molecule has 1 aromatic carbocycles. The molecule has 0 spiro atoms. The Labute approximate surface area is 121 Å². The molecule has 0 saturated carbocycles. The van der Waals surface area contributed by atoms with Crippen LogP contribution in [0.3, 0.4) is 0 Å². The molecule has 0 amide bonds. The predicted octanol–water partition coefficient (Wildman–Crippen LogP) is 3.98. The number of rotatable bonds is 3. The number of allylic oxidation sites excluding steroid dienone is 1. The van der Waals surface area contributed by atoms with Gasteiger partial charge in [-0.05, 0) is 6.92 Å². The molecule has 0 aliphatic heterocycles. The lowest BCUT2D eigenvalue weighted by Gasteiger charge is -2.06. The third kappa shape index (κ3) is 3.03. The maximum Gasteiger partial charge on any atom is 0.185 e. The number of hydrogen-bond donors (Lipinski definition) is 1. The highest BCUT2D eigenvalue weighted by Gasteiger charge is 2.18. The fourth-order valence-electron chi connectivity index (χ4n) is 1.46. The Kier molecular flexibility index (Phi) is 4.23. The van der Waals surface area contributed by atoms with E-state index >= 15 is 0 Å². The predicted molar refractivity (Wildman–Crippen MR) is 70.3 cm³/mol. The maximum absolute atomic E-state index is 13.4. The van der Waals surface area contributed by atoms with Crippen LogP contribution < -0.4 is 5.32 Å². The Hall–Kier alpha value is -2.40. The van der Waals surface area contributed by atoms with Gasteiger partial charge >= 0.3 is 0 Å². The molecule has 1 N–H and O–H groups in total. The summed E-state index contributed by atoms with van der Waals surface area (Å²) in [5.41, 5.74) is -0.351. The molecule has 0 aliphatic carbocycles. The molecule has 0 atom stereocenters. The number of halogens is 4.